The second-order valence-electron chi connectivity index (χ2n) is 6.61. The zero-order valence-electron chi connectivity index (χ0n) is 14.2. The summed E-state index contributed by atoms with van der Waals surface area (Å²) < 4.78 is 11.1. The molecule has 4 rings (SSSR count). The highest BCUT2D eigenvalue weighted by molar-refractivity contribution is 8.01. The van der Waals surface area contributed by atoms with Gasteiger partial charge >= 0.3 is 0 Å². The molecule has 2 saturated heterocycles. The van der Waals surface area contributed by atoms with Gasteiger partial charge in [0.1, 0.15) is 12.6 Å². The second kappa shape index (κ2) is 6.39. The number of thioether (sulfide) groups is 1. The van der Waals surface area contributed by atoms with E-state index in [1.165, 1.54) is 0 Å². The number of nitrogens with zero attached hydrogens (tertiary/aromatic N) is 1. The van der Waals surface area contributed by atoms with Crippen molar-refractivity contribution < 1.29 is 23.9 Å². The third-order valence-electron chi connectivity index (χ3n) is 4.86. The number of carbonyl (C=O) groups excluding carboxylic acids is 3. The fourth-order valence-electron chi connectivity index (χ4n) is 3.45. The smallest absolute Gasteiger partial charge is 0.283 e. The lowest BCUT2D eigenvalue weighted by atomic mass is 10.2. The number of para-hydroxylation sites is 2. The van der Waals surface area contributed by atoms with Crippen LogP contribution in [0, 0.1) is 0 Å². The molecule has 0 aromatic heterocycles. The molecule has 0 spiro atoms. The molecule has 2 fully saturated rings. The molecule has 2 N–H and O–H groups in total. The second-order valence-corrected chi connectivity index (χ2v) is 8.11. The molecule has 0 saturated carbocycles. The molecule has 3 aliphatic heterocycles. The lowest BCUT2D eigenvalue weighted by Gasteiger charge is -2.30. The summed E-state index contributed by atoms with van der Waals surface area (Å²) in [4.78, 5) is 38.1. The number of rotatable bonds is 2. The Morgan fingerprint density at radius 3 is 2.77 bits per heavy atom. The number of benzene rings is 1. The molecule has 3 atom stereocenters. The van der Waals surface area contributed by atoms with Gasteiger partial charge in [-0.25, -0.2) is 0 Å². The summed E-state index contributed by atoms with van der Waals surface area (Å²) in [5.41, 5.74) is 4.79. The normalized spacial score (nSPS) is 29.3. The highest BCUT2D eigenvalue weighted by Crippen LogP contribution is 2.47. The van der Waals surface area contributed by atoms with Crippen molar-refractivity contribution in [1.29, 1.82) is 0 Å². The first-order chi connectivity index (χ1) is 12.5. The maximum atomic E-state index is 12.5. The van der Waals surface area contributed by atoms with E-state index in [4.69, 9.17) is 9.47 Å². The minimum Gasteiger partial charge on any atom is -0.485 e. The minimum absolute atomic E-state index is 0.0235. The van der Waals surface area contributed by atoms with Crippen molar-refractivity contribution in [3.63, 3.8) is 0 Å². The van der Waals surface area contributed by atoms with Crippen molar-refractivity contribution in [1.82, 2.24) is 15.8 Å². The van der Waals surface area contributed by atoms with Crippen molar-refractivity contribution in [2.75, 3.05) is 12.4 Å². The molecule has 0 aliphatic carbocycles. The van der Waals surface area contributed by atoms with Gasteiger partial charge in [-0.3, -0.25) is 25.2 Å². The zero-order valence-corrected chi connectivity index (χ0v) is 15.0. The van der Waals surface area contributed by atoms with Gasteiger partial charge in [-0.2, -0.15) is 0 Å². The summed E-state index contributed by atoms with van der Waals surface area (Å²) in [5, 5.41) is 0. The van der Waals surface area contributed by atoms with Gasteiger partial charge in [0.2, 0.25) is 12.0 Å². The Morgan fingerprint density at radius 1 is 1.23 bits per heavy atom. The van der Waals surface area contributed by atoms with E-state index in [0.29, 0.717) is 23.7 Å². The van der Waals surface area contributed by atoms with Gasteiger partial charge in [0.25, 0.3) is 11.8 Å². The predicted octanol–water partition coefficient (Wildman–Crippen LogP) is 0.428. The molecule has 0 radical (unpaired) electrons. The van der Waals surface area contributed by atoms with Crippen LogP contribution in [0.2, 0.25) is 0 Å². The van der Waals surface area contributed by atoms with Crippen LogP contribution in [0.1, 0.15) is 19.8 Å². The number of fused-ring (bicyclic) bond motifs is 2. The maximum absolute atomic E-state index is 12.5. The van der Waals surface area contributed by atoms with E-state index in [0.717, 1.165) is 6.42 Å². The third-order valence-corrected chi connectivity index (χ3v) is 6.36. The van der Waals surface area contributed by atoms with E-state index in [2.05, 4.69) is 10.9 Å². The molecular weight excluding hydrogens is 358 g/mol. The van der Waals surface area contributed by atoms with Crippen molar-refractivity contribution in [3.8, 4) is 11.5 Å². The van der Waals surface area contributed by atoms with Crippen LogP contribution in [-0.2, 0) is 14.4 Å². The average Bonchev–Trinajstić information content (AvgIpc) is 3.15. The van der Waals surface area contributed by atoms with Gasteiger partial charge in [-0.1, -0.05) is 12.1 Å². The molecule has 3 heterocycles. The Morgan fingerprint density at radius 2 is 1.96 bits per heavy atom. The fraction of sp³-hybridized carbons (Fsp3) is 0.471. The largest absolute Gasteiger partial charge is 0.485 e. The van der Waals surface area contributed by atoms with Crippen molar-refractivity contribution in [2.24, 2.45) is 0 Å². The van der Waals surface area contributed by atoms with Crippen LogP contribution < -0.4 is 20.3 Å². The molecule has 3 aliphatic rings. The van der Waals surface area contributed by atoms with E-state index in [1.807, 2.05) is 13.0 Å². The topological polar surface area (TPSA) is 97.0 Å². The molecule has 9 heteroatoms. The zero-order chi connectivity index (χ0) is 18.3. The van der Waals surface area contributed by atoms with Crippen LogP contribution in [0.25, 0.3) is 0 Å². The summed E-state index contributed by atoms with van der Waals surface area (Å²) in [5.74, 6) is 0.646. The highest BCUT2D eigenvalue weighted by Gasteiger charge is 2.53. The summed E-state index contributed by atoms with van der Waals surface area (Å²) in [6.45, 7) is 2.03. The molecule has 3 amide bonds. The van der Waals surface area contributed by atoms with E-state index >= 15 is 0 Å². The first-order valence-corrected chi connectivity index (χ1v) is 9.41. The first-order valence-electron chi connectivity index (χ1n) is 8.42. The van der Waals surface area contributed by atoms with Crippen LogP contribution in [0.3, 0.4) is 0 Å². The number of carbonyl (C=O) groups is 3. The molecule has 8 nitrogen and oxygen atoms in total. The standard InChI is InChI=1S/C17H19N3O5S/c1-17-7-6-14(21)20(17)10(9-26-17)15(22)18-19-16(23)13-8-24-11-4-2-3-5-12(11)25-13/h2-5,10,13H,6-9H2,1H3,(H,18,22)(H,19,23)/t10-,13-,17+/m1/s1. The fourth-order valence-corrected chi connectivity index (χ4v) is 4.88. The number of hydrazine groups is 1. The number of nitrogens with one attached hydrogen (secondary N) is 2. The van der Waals surface area contributed by atoms with Crippen LogP contribution in [0.4, 0.5) is 0 Å². The summed E-state index contributed by atoms with van der Waals surface area (Å²) in [7, 11) is 0. The Bertz CT molecular complexity index is 773. The van der Waals surface area contributed by atoms with Crippen molar-refractivity contribution in [3.05, 3.63) is 24.3 Å². The SMILES string of the molecule is C[C@]12CCC(=O)N1[C@@H](C(=O)NNC(=O)[C@H]1COc3ccccc3O1)CS2. The van der Waals surface area contributed by atoms with Gasteiger partial charge in [-0.15, -0.1) is 11.8 Å². The molecule has 138 valence electrons. The van der Waals surface area contributed by atoms with Crippen LogP contribution in [-0.4, -0.2) is 52.0 Å². The summed E-state index contributed by atoms with van der Waals surface area (Å²) in [6.07, 6.45) is 0.327. The monoisotopic (exact) mass is 377 g/mol. The molecular formula is C17H19N3O5S. The van der Waals surface area contributed by atoms with Gasteiger partial charge in [0, 0.05) is 12.2 Å². The number of hydrogen-bond acceptors (Lipinski definition) is 6. The van der Waals surface area contributed by atoms with Gasteiger partial charge in [0.15, 0.2) is 11.5 Å². The quantitative estimate of drug-likeness (QED) is 0.726. The Hall–Kier alpha value is -2.42. The van der Waals surface area contributed by atoms with Crippen LogP contribution in [0.15, 0.2) is 24.3 Å². The summed E-state index contributed by atoms with van der Waals surface area (Å²) >= 11 is 1.60. The highest BCUT2D eigenvalue weighted by atomic mass is 32.2. The van der Waals surface area contributed by atoms with Crippen molar-refractivity contribution in [2.45, 2.75) is 36.8 Å². The van der Waals surface area contributed by atoms with E-state index in [-0.39, 0.29) is 17.4 Å². The molecule has 0 unspecified atom stereocenters. The molecule has 1 aromatic carbocycles. The lowest BCUT2D eigenvalue weighted by Crippen LogP contribution is -2.56. The molecule has 0 bridgehead atoms. The number of hydrogen-bond donors (Lipinski definition) is 2. The summed E-state index contributed by atoms with van der Waals surface area (Å²) in [6, 6.07) is 6.49. The van der Waals surface area contributed by atoms with E-state index in [1.54, 1.807) is 34.9 Å². The van der Waals surface area contributed by atoms with Gasteiger partial charge in [-0.05, 0) is 25.5 Å². The van der Waals surface area contributed by atoms with E-state index in [9.17, 15) is 14.4 Å². The Balaban J connectivity index is 1.34. The minimum atomic E-state index is -0.859. The predicted molar refractivity (Wildman–Crippen MR) is 93.4 cm³/mol. The Kier molecular flexibility index (Phi) is 4.18. The van der Waals surface area contributed by atoms with Gasteiger partial charge < -0.3 is 14.4 Å². The number of ether oxygens (including phenoxy) is 2. The van der Waals surface area contributed by atoms with Gasteiger partial charge in [0.05, 0.1) is 4.87 Å². The van der Waals surface area contributed by atoms with Crippen molar-refractivity contribution >= 4 is 29.5 Å². The maximum Gasteiger partial charge on any atom is 0.283 e. The van der Waals surface area contributed by atoms with Crippen LogP contribution in [0.5, 0.6) is 11.5 Å². The third kappa shape index (κ3) is 2.86. The lowest BCUT2D eigenvalue weighted by molar-refractivity contribution is -0.140. The molecule has 26 heavy (non-hydrogen) atoms. The average molecular weight is 377 g/mol. The first kappa shape index (κ1) is 17.0. The number of amides is 3. The Labute approximate surface area is 154 Å². The van der Waals surface area contributed by atoms with Crippen LogP contribution >= 0.6 is 11.8 Å². The molecule has 1 aromatic rings. The van der Waals surface area contributed by atoms with E-state index < -0.39 is 24.0 Å².